The lowest BCUT2D eigenvalue weighted by molar-refractivity contribution is -0.162. The Morgan fingerprint density at radius 2 is 1.80 bits per heavy atom. The molecule has 0 unspecified atom stereocenters. The molecule has 90 valence electrons. The first kappa shape index (κ1) is 14.5. The number of piperidine rings is 1. The highest BCUT2D eigenvalue weighted by molar-refractivity contribution is 5.85. The molecule has 3 nitrogen and oxygen atoms in total. The number of halogens is 4. The van der Waals surface area contributed by atoms with E-state index in [9.17, 15) is 18.0 Å². The summed E-state index contributed by atoms with van der Waals surface area (Å²) in [5, 5.41) is 0. The van der Waals surface area contributed by atoms with E-state index in [1.807, 2.05) is 0 Å². The van der Waals surface area contributed by atoms with Crippen LogP contribution >= 0.6 is 12.4 Å². The van der Waals surface area contributed by atoms with Crippen LogP contribution in [0, 0.1) is 0 Å². The number of hydrogen-bond donors (Lipinski definition) is 1. The first-order valence-corrected chi connectivity index (χ1v) is 4.48. The van der Waals surface area contributed by atoms with Crippen molar-refractivity contribution in [2.24, 2.45) is 5.73 Å². The van der Waals surface area contributed by atoms with Crippen LogP contribution in [0.4, 0.5) is 13.2 Å². The van der Waals surface area contributed by atoms with Crippen molar-refractivity contribution in [2.45, 2.75) is 31.5 Å². The summed E-state index contributed by atoms with van der Waals surface area (Å²) >= 11 is 0. The van der Waals surface area contributed by atoms with Gasteiger partial charge in [-0.3, -0.25) is 4.79 Å². The van der Waals surface area contributed by atoms with E-state index >= 15 is 0 Å². The summed E-state index contributed by atoms with van der Waals surface area (Å²) in [5.41, 5.74) is 5.56. The molecule has 0 aromatic carbocycles. The molecular weight excluding hydrogens is 233 g/mol. The third-order valence-electron chi connectivity index (χ3n) is 2.24. The Kier molecular flexibility index (Phi) is 5.37. The molecule has 0 aliphatic carbocycles. The van der Waals surface area contributed by atoms with E-state index in [2.05, 4.69) is 0 Å². The van der Waals surface area contributed by atoms with E-state index in [1.54, 1.807) is 0 Å². The second kappa shape index (κ2) is 5.55. The molecule has 0 bridgehead atoms. The maximum Gasteiger partial charge on any atom is 0.397 e. The molecule has 0 aromatic heterocycles. The third-order valence-corrected chi connectivity index (χ3v) is 2.24. The highest BCUT2D eigenvalue weighted by Gasteiger charge is 2.34. The van der Waals surface area contributed by atoms with Crippen LogP contribution in [-0.4, -0.2) is 36.1 Å². The van der Waals surface area contributed by atoms with Crippen molar-refractivity contribution in [3.63, 3.8) is 0 Å². The van der Waals surface area contributed by atoms with Crippen LogP contribution in [0.25, 0.3) is 0 Å². The monoisotopic (exact) mass is 246 g/mol. The van der Waals surface area contributed by atoms with Crippen LogP contribution in [0.15, 0.2) is 0 Å². The average Bonchev–Trinajstić information content (AvgIpc) is 2.02. The number of hydrogen-bond acceptors (Lipinski definition) is 2. The van der Waals surface area contributed by atoms with Gasteiger partial charge >= 0.3 is 6.18 Å². The van der Waals surface area contributed by atoms with Crippen LogP contribution in [-0.2, 0) is 4.79 Å². The van der Waals surface area contributed by atoms with Gasteiger partial charge in [0.05, 0.1) is 0 Å². The number of likely N-dealkylation sites (tertiary alicyclic amines) is 1. The van der Waals surface area contributed by atoms with Crippen molar-refractivity contribution >= 4 is 18.3 Å². The van der Waals surface area contributed by atoms with Crippen molar-refractivity contribution < 1.29 is 18.0 Å². The molecule has 1 aliphatic rings. The van der Waals surface area contributed by atoms with Gasteiger partial charge in [0.25, 0.3) is 0 Å². The molecule has 1 fully saturated rings. The van der Waals surface area contributed by atoms with Crippen LogP contribution in [0.3, 0.4) is 0 Å². The summed E-state index contributed by atoms with van der Waals surface area (Å²) in [6.07, 6.45) is -4.59. The highest BCUT2D eigenvalue weighted by atomic mass is 35.5. The van der Waals surface area contributed by atoms with E-state index in [0.717, 1.165) is 0 Å². The van der Waals surface area contributed by atoms with Crippen molar-refractivity contribution in [3.05, 3.63) is 0 Å². The van der Waals surface area contributed by atoms with Crippen molar-refractivity contribution in [1.82, 2.24) is 4.90 Å². The first-order valence-electron chi connectivity index (χ1n) is 4.48. The molecule has 0 atom stereocenters. The molecule has 0 radical (unpaired) electrons. The number of rotatable bonds is 1. The number of nitrogens with two attached hydrogens (primary N) is 1. The van der Waals surface area contributed by atoms with Crippen LogP contribution in [0.1, 0.15) is 19.3 Å². The third kappa shape index (κ3) is 5.22. The Morgan fingerprint density at radius 3 is 2.20 bits per heavy atom. The summed E-state index contributed by atoms with van der Waals surface area (Å²) in [6, 6.07) is 0.0185. The quantitative estimate of drug-likeness (QED) is 0.758. The topological polar surface area (TPSA) is 46.3 Å². The number of nitrogens with zero attached hydrogens (tertiary/aromatic N) is 1. The number of amides is 1. The maximum atomic E-state index is 11.9. The van der Waals surface area contributed by atoms with Gasteiger partial charge in [0.1, 0.15) is 6.42 Å². The highest BCUT2D eigenvalue weighted by Crippen LogP contribution is 2.21. The molecular formula is C8H14ClF3N2O. The number of carbonyl (C=O) groups excluding carboxylic acids is 1. The molecule has 0 aromatic rings. The van der Waals surface area contributed by atoms with E-state index in [-0.39, 0.29) is 18.4 Å². The summed E-state index contributed by atoms with van der Waals surface area (Å²) in [4.78, 5) is 12.3. The molecule has 15 heavy (non-hydrogen) atoms. The van der Waals surface area contributed by atoms with Gasteiger partial charge in [-0.25, -0.2) is 0 Å². The van der Waals surface area contributed by atoms with E-state index in [0.29, 0.717) is 25.9 Å². The van der Waals surface area contributed by atoms with Gasteiger partial charge in [-0.1, -0.05) is 0 Å². The first-order chi connectivity index (χ1) is 6.38. The minimum atomic E-state index is -4.41. The van der Waals surface area contributed by atoms with Crippen LogP contribution < -0.4 is 5.73 Å². The van der Waals surface area contributed by atoms with Crippen LogP contribution in [0.5, 0.6) is 0 Å². The average molecular weight is 247 g/mol. The Labute approximate surface area is 92.2 Å². The molecule has 1 rings (SSSR count). The smallest absolute Gasteiger partial charge is 0.342 e. The molecule has 1 amide bonds. The molecule has 0 saturated carbocycles. The molecule has 1 aliphatic heterocycles. The maximum absolute atomic E-state index is 11.9. The Bertz CT molecular complexity index is 214. The van der Waals surface area contributed by atoms with Crippen LogP contribution in [0.2, 0.25) is 0 Å². The van der Waals surface area contributed by atoms with Crippen molar-refractivity contribution in [1.29, 1.82) is 0 Å². The predicted molar refractivity (Wildman–Crippen MR) is 51.7 cm³/mol. The fourth-order valence-corrected chi connectivity index (χ4v) is 1.43. The predicted octanol–water partition coefficient (Wildman–Crippen LogP) is 1.31. The Morgan fingerprint density at radius 1 is 1.33 bits per heavy atom. The lowest BCUT2D eigenvalue weighted by Crippen LogP contribution is -2.44. The summed E-state index contributed by atoms with van der Waals surface area (Å²) < 4.78 is 35.6. The van der Waals surface area contributed by atoms with Gasteiger partial charge in [0.15, 0.2) is 0 Å². The lowest BCUT2D eigenvalue weighted by atomic mass is 10.1. The minimum absolute atomic E-state index is 0. The summed E-state index contributed by atoms with van der Waals surface area (Å²) in [7, 11) is 0. The van der Waals surface area contributed by atoms with Gasteiger partial charge in [-0.2, -0.15) is 13.2 Å². The SMILES string of the molecule is Cl.NC1CCN(C(=O)CC(F)(F)F)CC1. The second-order valence-electron chi connectivity index (χ2n) is 3.51. The molecule has 0 spiro atoms. The zero-order chi connectivity index (χ0) is 10.8. The largest absolute Gasteiger partial charge is 0.397 e. The standard InChI is InChI=1S/C8H13F3N2O.ClH/c9-8(10,11)5-7(14)13-3-1-6(12)2-4-13;/h6H,1-5,12H2;1H. The molecule has 1 saturated heterocycles. The molecule has 2 N–H and O–H groups in total. The second-order valence-corrected chi connectivity index (χ2v) is 3.51. The van der Waals surface area contributed by atoms with Gasteiger partial charge in [0.2, 0.25) is 5.91 Å². The van der Waals surface area contributed by atoms with Gasteiger partial charge in [-0.15, -0.1) is 12.4 Å². The zero-order valence-corrected chi connectivity index (χ0v) is 8.90. The normalized spacial score (nSPS) is 18.5. The minimum Gasteiger partial charge on any atom is -0.342 e. The molecule has 1 heterocycles. The van der Waals surface area contributed by atoms with Gasteiger partial charge in [0, 0.05) is 19.1 Å². The summed E-state index contributed by atoms with van der Waals surface area (Å²) in [6.45, 7) is 0.687. The lowest BCUT2D eigenvalue weighted by Gasteiger charge is -2.30. The number of alkyl halides is 3. The Balaban J connectivity index is 0.00000196. The van der Waals surface area contributed by atoms with Crippen molar-refractivity contribution in [3.8, 4) is 0 Å². The fraction of sp³-hybridized carbons (Fsp3) is 0.875. The van der Waals surface area contributed by atoms with Crippen molar-refractivity contribution in [2.75, 3.05) is 13.1 Å². The fourth-order valence-electron chi connectivity index (χ4n) is 1.43. The molecule has 7 heteroatoms. The van der Waals surface area contributed by atoms with E-state index in [4.69, 9.17) is 5.73 Å². The Hall–Kier alpha value is -0.490. The van der Waals surface area contributed by atoms with E-state index < -0.39 is 18.5 Å². The zero-order valence-electron chi connectivity index (χ0n) is 8.09. The summed E-state index contributed by atoms with van der Waals surface area (Å²) in [5.74, 6) is -0.843. The van der Waals surface area contributed by atoms with Gasteiger partial charge < -0.3 is 10.6 Å². The number of carbonyl (C=O) groups is 1. The van der Waals surface area contributed by atoms with E-state index in [1.165, 1.54) is 4.90 Å². The van der Waals surface area contributed by atoms with Gasteiger partial charge in [-0.05, 0) is 12.8 Å².